The van der Waals surface area contributed by atoms with Crippen LogP contribution in [0.3, 0.4) is 0 Å². The number of nitrogen functional groups attached to an aromatic ring is 1. The van der Waals surface area contributed by atoms with Crippen molar-refractivity contribution in [2.24, 2.45) is 5.92 Å². The zero-order valence-electron chi connectivity index (χ0n) is 9.56. The maximum atomic E-state index is 12.4. The Hall–Kier alpha value is -0.590. The number of hydrogen-bond acceptors (Lipinski definition) is 3. The third-order valence-corrected chi connectivity index (χ3v) is 5.82. The van der Waals surface area contributed by atoms with Gasteiger partial charge in [-0.15, -0.1) is 0 Å². The van der Waals surface area contributed by atoms with Crippen LogP contribution in [-0.4, -0.2) is 25.8 Å². The lowest BCUT2D eigenvalue weighted by Gasteiger charge is -2.17. The molecule has 2 rings (SSSR count). The molecule has 0 spiro atoms. The summed E-state index contributed by atoms with van der Waals surface area (Å²) in [6, 6.07) is 4.85. The highest BCUT2D eigenvalue weighted by Gasteiger charge is 2.31. The Morgan fingerprint density at radius 1 is 1.47 bits per heavy atom. The monoisotopic (exact) mass is 318 g/mol. The molecule has 0 radical (unpaired) electrons. The number of benzene rings is 1. The van der Waals surface area contributed by atoms with Crippen LogP contribution in [0.4, 0.5) is 5.69 Å². The number of anilines is 1. The van der Waals surface area contributed by atoms with Crippen molar-refractivity contribution in [2.75, 3.05) is 18.8 Å². The van der Waals surface area contributed by atoms with E-state index in [1.165, 1.54) is 10.4 Å². The van der Waals surface area contributed by atoms with E-state index in [2.05, 4.69) is 22.9 Å². The van der Waals surface area contributed by atoms with Crippen molar-refractivity contribution >= 4 is 31.6 Å². The zero-order chi connectivity index (χ0) is 12.6. The molecule has 0 saturated carbocycles. The second kappa shape index (κ2) is 4.59. The van der Waals surface area contributed by atoms with Crippen LogP contribution in [0.1, 0.15) is 13.3 Å². The van der Waals surface area contributed by atoms with Gasteiger partial charge in [0.2, 0.25) is 10.0 Å². The Kier molecular flexibility index (Phi) is 3.47. The molecule has 4 nitrogen and oxygen atoms in total. The van der Waals surface area contributed by atoms with Crippen LogP contribution in [0.5, 0.6) is 0 Å². The van der Waals surface area contributed by atoms with Gasteiger partial charge in [-0.2, -0.15) is 4.31 Å². The van der Waals surface area contributed by atoms with Gasteiger partial charge in [0.1, 0.15) is 0 Å². The van der Waals surface area contributed by atoms with Crippen molar-refractivity contribution in [3.05, 3.63) is 22.7 Å². The van der Waals surface area contributed by atoms with Gasteiger partial charge in [0.15, 0.2) is 0 Å². The Bertz CT molecular complexity index is 530. The molecule has 6 heteroatoms. The summed E-state index contributed by atoms with van der Waals surface area (Å²) in [6.07, 6.45) is 0.916. The fourth-order valence-electron chi connectivity index (χ4n) is 1.97. The van der Waals surface area contributed by atoms with Crippen molar-refractivity contribution in [1.29, 1.82) is 0 Å². The van der Waals surface area contributed by atoms with Crippen molar-refractivity contribution in [3.63, 3.8) is 0 Å². The molecule has 1 atom stereocenters. The van der Waals surface area contributed by atoms with Gasteiger partial charge >= 0.3 is 0 Å². The molecular weight excluding hydrogens is 304 g/mol. The van der Waals surface area contributed by atoms with Gasteiger partial charge in [-0.05, 0) is 46.5 Å². The van der Waals surface area contributed by atoms with Crippen LogP contribution >= 0.6 is 15.9 Å². The minimum Gasteiger partial charge on any atom is -0.399 e. The highest BCUT2D eigenvalue weighted by molar-refractivity contribution is 9.10. The lowest BCUT2D eigenvalue weighted by molar-refractivity contribution is 0.464. The highest BCUT2D eigenvalue weighted by atomic mass is 79.9. The van der Waals surface area contributed by atoms with Crippen LogP contribution in [0.2, 0.25) is 0 Å². The number of nitrogens with zero attached hydrogens (tertiary/aromatic N) is 1. The van der Waals surface area contributed by atoms with Crippen LogP contribution in [-0.2, 0) is 10.0 Å². The zero-order valence-corrected chi connectivity index (χ0v) is 12.0. The summed E-state index contributed by atoms with van der Waals surface area (Å²) in [4.78, 5) is 0.256. The fraction of sp³-hybridized carbons (Fsp3) is 0.455. The Morgan fingerprint density at radius 2 is 2.18 bits per heavy atom. The van der Waals surface area contributed by atoms with E-state index in [-0.39, 0.29) is 4.90 Å². The van der Waals surface area contributed by atoms with E-state index in [0.717, 1.165) is 6.42 Å². The highest BCUT2D eigenvalue weighted by Crippen LogP contribution is 2.30. The molecule has 1 aliphatic heterocycles. The molecule has 1 aliphatic rings. The molecule has 0 amide bonds. The molecule has 1 unspecified atom stereocenters. The van der Waals surface area contributed by atoms with Crippen molar-refractivity contribution in [3.8, 4) is 0 Å². The first-order valence-corrected chi connectivity index (χ1v) is 7.70. The predicted molar refractivity (Wildman–Crippen MR) is 71.1 cm³/mol. The molecule has 0 aliphatic carbocycles. The van der Waals surface area contributed by atoms with Crippen molar-refractivity contribution in [2.45, 2.75) is 18.2 Å². The lowest BCUT2D eigenvalue weighted by Crippen LogP contribution is -2.29. The van der Waals surface area contributed by atoms with Crippen LogP contribution in [0, 0.1) is 5.92 Å². The third kappa shape index (κ3) is 2.48. The standard InChI is InChI=1S/C11H15BrN2O2S/c1-8-4-5-14(7-8)17(15,16)11-6-9(13)2-3-10(11)12/h2-3,6,8H,4-5,7,13H2,1H3. The van der Waals surface area contributed by atoms with E-state index in [1.54, 1.807) is 12.1 Å². The number of sulfonamides is 1. The van der Waals surface area contributed by atoms with Crippen molar-refractivity contribution in [1.82, 2.24) is 4.31 Å². The molecule has 1 saturated heterocycles. The summed E-state index contributed by atoms with van der Waals surface area (Å²) in [6.45, 7) is 3.23. The average Bonchev–Trinajstić information content (AvgIpc) is 2.69. The van der Waals surface area contributed by atoms with Gasteiger partial charge in [0.05, 0.1) is 4.90 Å². The first-order chi connectivity index (χ1) is 7.91. The quantitative estimate of drug-likeness (QED) is 0.849. The summed E-state index contributed by atoms with van der Waals surface area (Å²) < 4.78 is 26.9. The smallest absolute Gasteiger partial charge is 0.244 e. The Labute approximate surface area is 110 Å². The minimum atomic E-state index is -3.42. The summed E-state index contributed by atoms with van der Waals surface area (Å²) >= 11 is 3.27. The van der Waals surface area contributed by atoms with E-state index < -0.39 is 10.0 Å². The molecule has 1 heterocycles. The average molecular weight is 319 g/mol. The summed E-state index contributed by atoms with van der Waals surface area (Å²) in [7, 11) is -3.42. The summed E-state index contributed by atoms with van der Waals surface area (Å²) in [5, 5.41) is 0. The van der Waals surface area contributed by atoms with Gasteiger partial charge in [-0.25, -0.2) is 8.42 Å². The predicted octanol–water partition coefficient (Wildman–Crippen LogP) is 2.06. The van der Waals surface area contributed by atoms with E-state index in [9.17, 15) is 8.42 Å². The van der Waals surface area contributed by atoms with Crippen molar-refractivity contribution < 1.29 is 8.42 Å². The van der Waals surface area contributed by atoms with Gasteiger partial charge in [-0.1, -0.05) is 6.92 Å². The first-order valence-electron chi connectivity index (χ1n) is 5.46. The lowest BCUT2D eigenvalue weighted by atomic mass is 10.2. The largest absolute Gasteiger partial charge is 0.399 e. The number of hydrogen-bond donors (Lipinski definition) is 1. The molecule has 94 valence electrons. The molecule has 0 bridgehead atoms. The second-order valence-electron chi connectivity index (χ2n) is 4.45. The van der Waals surface area contributed by atoms with E-state index >= 15 is 0 Å². The van der Waals surface area contributed by atoms with Gasteiger partial charge in [0.25, 0.3) is 0 Å². The molecular formula is C11H15BrN2O2S. The Balaban J connectivity index is 2.41. The normalized spacial score (nSPS) is 21.9. The Morgan fingerprint density at radius 3 is 2.76 bits per heavy atom. The van der Waals surface area contributed by atoms with Crippen LogP contribution < -0.4 is 5.73 Å². The maximum absolute atomic E-state index is 12.4. The van der Waals surface area contributed by atoms with E-state index in [4.69, 9.17) is 5.73 Å². The van der Waals surface area contributed by atoms with Gasteiger partial charge < -0.3 is 5.73 Å². The molecule has 1 aromatic carbocycles. The second-order valence-corrected chi connectivity index (χ2v) is 7.21. The first kappa shape index (κ1) is 12.9. The van der Waals surface area contributed by atoms with Gasteiger partial charge in [-0.3, -0.25) is 0 Å². The summed E-state index contributed by atoms with van der Waals surface area (Å²) in [5.41, 5.74) is 6.10. The minimum absolute atomic E-state index is 0.256. The van der Waals surface area contributed by atoms with Gasteiger partial charge in [0, 0.05) is 23.2 Å². The fourth-order valence-corrected chi connectivity index (χ4v) is 4.50. The molecule has 0 aromatic heterocycles. The molecule has 17 heavy (non-hydrogen) atoms. The maximum Gasteiger partial charge on any atom is 0.244 e. The number of halogens is 1. The molecule has 1 fully saturated rings. The summed E-state index contributed by atoms with van der Waals surface area (Å²) in [5.74, 6) is 0.421. The van der Waals surface area contributed by atoms with Crippen LogP contribution in [0.15, 0.2) is 27.6 Å². The SMILES string of the molecule is CC1CCN(S(=O)(=O)c2cc(N)ccc2Br)C1. The number of rotatable bonds is 2. The van der Waals surface area contributed by atoms with Crippen LogP contribution in [0.25, 0.3) is 0 Å². The molecule has 1 aromatic rings. The van der Waals surface area contributed by atoms with E-state index in [0.29, 0.717) is 29.2 Å². The molecule has 2 N–H and O–H groups in total. The van der Waals surface area contributed by atoms with E-state index in [1.807, 2.05) is 0 Å². The topological polar surface area (TPSA) is 63.4 Å². The third-order valence-electron chi connectivity index (χ3n) is 2.96. The number of nitrogens with two attached hydrogens (primary N) is 1.